The van der Waals surface area contributed by atoms with E-state index in [1.54, 1.807) is 0 Å². The highest BCUT2D eigenvalue weighted by atomic mass is 28.4. The topological polar surface area (TPSA) is 30.9 Å². The van der Waals surface area contributed by atoms with Crippen LogP contribution in [0.3, 0.4) is 0 Å². The van der Waals surface area contributed by atoms with Gasteiger partial charge in [0, 0.05) is 32.6 Å². The van der Waals surface area contributed by atoms with E-state index in [4.69, 9.17) is 13.6 Å². The molecule has 0 N–H and O–H groups in total. The molecule has 4 nitrogen and oxygen atoms in total. The summed E-state index contributed by atoms with van der Waals surface area (Å²) in [4.78, 5) is 2.55. The van der Waals surface area contributed by atoms with Crippen molar-refractivity contribution < 1.29 is 13.6 Å². The minimum Gasteiger partial charge on any atom is -0.419 e. The first-order valence-electron chi connectivity index (χ1n) is 7.81. The van der Waals surface area contributed by atoms with Gasteiger partial charge in [-0.25, -0.2) is 0 Å². The average molecular weight is 320 g/mol. The Morgan fingerprint density at radius 2 is 2.05 bits per heavy atom. The number of rotatable bonds is 8. The average Bonchev–Trinajstić information content (AvgIpc) is 2.32. The van der Waals surface area contributed by atoms with Crippen molar-refractivity contribution in [2.75, 3.05) is 39.2 Å². The maximum atomic E-state index is 6.28. The van der Waals surface area contributed by atoms with Crippen LogP contribution in [0, 0.1) is 0 Å². The van der Waals surface area contributed by atoms with Crippen molar-refractivity contribution in [2.45, 2.75) is 52.1 Å². The highest BCUT2D eigenvalue weighted by molar-refractivity contribution is 6.73. The molecule has 1 unspecified atom stereocenters. The van der Waals surface area contributed by atoms with E-state index in [1.807, 2.05) is 7.11 Å². The van der Waals surface area contributed by atoms with Crippen molar-refractivity contribution in [3.05, 3.63) is 0 Å². The SMILES string of the molecule is CCCCOCC1CN(C[Si](C)(C)OC)C[Si](C)(C)O1. The van der Waals surface area contributed by atoms with E-state index < -0.39 is 16.6 Å². The third-order valence-electron chi connectivity index (χ3n) is 3.65. The standard InChI is InChI=1S/C14H33NO3Si2/c1-7-8-9-17-11-14-10-15(12-19(3,4)16-2)13-20(5,6)18-14/h14H,7-13H2,1-6H3. The summed E-state index contributed by atoms with van der Waals surface area (Å²) in [5.41, 5.74) is 0. The molecular weight excluding hydrogens is 286 g/mol. The third kappa shape index (κ3) is 6.82. The van der Waals surface area contributed by atoms with Gasteiger partial charge < -0.3 is 18.5 Å². The van der Waals surface area contributed by atoms with Crippen LogP contribution >= 0.6 is 0 Å². The molecule has 1 heterocycles. The minimum atomic E-state index is -1.59. The van der Waals surface area contributed by atoms with Crippen LogP contribution in [0.5, 0.6) is 0 Å². The van der Waals surface area contributed by atoms with Crippen molar-refractivity contribution in [3.8, 4) is 0 Å². The van der Waals surface area contributed by atoms with E-state index in [2.05, 4.69) is 38.0 Å². The Morgan fingerprint density at radius 3 is 2.65 bits per heavy atom. The summed E-state index contributed by atoms with van der Waals surface area (Å²) in [5.74, 6) is 0. The number of hydrogen-bond donors (Lipinski definition) is 0. The Bertz CT molecular complexity index is 288. The smallest absolute Gasteiger partial charge is 0.201 e. The number of nitrogens with zero attached hydrogens (tertiary/aromatic N) is 1. The molecule has 0 amide bonds. The molecule has 20 heavy (non-hydrogen) atoms. The van der Waals surface area contributed by atoms with Gasteiger partial charge in [-0.05, 0) is 32.6 Å². The van der Waals surface area contributed by atoms with E-state index in [0.29, 0.717) is 0 Å². The molecule has 0 aromatic rings. The van der Waals surface area contributed by atoms with Gasteiger partial charge in [-0.1, -0.05) is 13.3 Å². The van der Waals surface area contributed by atoms with Crippen molar-refractivity contribution in [2.24, 2.45) is 0 Å². The first-order chi connectivity index (χ1) is 9.28. The summed E-state index contributed by atoms with van der Waals surface area (Å²) >= 11 is 0. The first-order valence-corrected chi connectivity index (χ1v) is 14.0. The fraction of sp³-hybridized carbons (Fsp3) is 1.00. The van der Waals surface area contributed by atoms with Crippen molar-refractivity contribution in [1.29, 1.82) is 0 Å². The highest BCUT2D eigenvalue weighted by Crippen LogP contribution is 2.20. The maximum Gasteiger partial charge on any atom is 0.201 e. The van der Waals surface area contributed by atoms with Gasteiger partial charge in [0.15, 0.2) is 8.32 Å². The molecule has 0 saturated carbocycles. The van der Waals surface area contributed by atoms with Crippen LogP contribution in [0.15, 0.2) is 0 Å². The van der Waals surface area contributed by atoms with Crippen LogP contribution in [-0.4, -0.2) is 66.8 Å². The van der Waals surface area contributed by atoms with Crippen LogP contribution in [0.4, 0.5) is 0 Å². The third-order valence-corrected chi connectivity index (χ3v) is 8.15. The van der Waals surface area contributed by atoms with Crippen molar-refractivity contribution >= 4 is 16.6 Å². The van der Waals surface area contributed by atoms with Gasteiger partial charge >= 0.3 is 0 Å². The molecule has 1 aliphatic rings. The van der Waals surface area contributed by atoms with Crippen molar-refractivity contribution in [1.82, 2.24) is 4.90 Å². The first kappa shape index (κ1) is 18.3. The molecule has 1 saturated heterocycles. The molecular formula is C14H33NO3Si2. The highest BCUT2D eigenvalue weighted by Gasteiger charge is 2.38. The van der Waals surface area contributed by atoms with E-state index in [0.717, 1.165) is 38.5 Å². The zero-order valence-corrected chi connectivity index (χ0v) is 16.2. The normalized spacial score (nSPS) is 24.0. The lowest BCUT2D eigenvalue weighted by Crippen LogP contribution is -2.60. The Kier molecular flexibility index (Phi) is 7.38. The Hall–Kier alpha value is 0.274. The minimum absolute atomic E-state index is 0.240. The molecule has 1 atom stereocenters. The van der Waals surface area contributed by atoms with Crippen LogP contribution in [0.2, 0.25) is 26.2 Å². The second kappa shape index (κ2) is 8.05. The quantitative estimate of drug-likeness (QED) is 0.508. The fourth-order valence-electron chi connectivity index (χ4n) is 2.69. The molecule has 1 aliphatic heterocycles. The summed E-state index contributed by atoms with van der Waals surface area (Å²) in [7, 11) is -1.29. The molecule has 6 heteroatoms. The molecule has 120 valence electrons. The van der Waals surface area contributed by atoms with E-state index >= 15 is 0 Å². The summed E-state index contributed by atoms with van der Waals surface area (Å²) in [5, 5.41) is 0. The largest absolute Gasteiger partial charge is 0.419 e. The predicted octanol–water partition coefficient (Wildman–Crippen LogP) is 2.64. The van der Waals surface area contributed by atoms with Crippen LogP contribution in [-0.2, 0) is 13.6 Å². The van der Waals surface area contributed by atoms with Gasteiger partial charge in [-0.15, -0.1) is 0 Å². The zero-order chi connectivity index (χ0) is 15.2. The molecule has 0 aliphatic carbocycles. The molecule has 0 spiro atoms. The Morgan fingerprint density at radius 1 is 1.35 bits per heavy atom. The van der Waals surface area contributed by atoms with E-state index in [-0.39, 0.29) is 6.10 Å². The second-order valence-corrected chi connectivity index (χ2v) is 15.4. The predicted molar refractivity (Wildman–Crippen MR) is 89.0 cm³/mol. The van der Waals surface area contributed by atoms with Crippen molar-refractivity contribution in [3.63, 3.8) is 0 Å². The number of unbranched alkanes of at least 4 members (excludes halogenated alkanes) is 1. The molecule has 0 aromatic carbocycles. The zero-order valence-electron chi connectivity index (χ0n) is 14.2. The summed E-state index contributed by atoms with van der Waals surface area (Å²) in [6.45, 7) is 13.9. The van der Waals surface area contributed by atoms with Crippen LogP contribution in [0.25, 0.3) is 0 Å². The monoisotopic (exact) mass is 319 g/mol. The molecule has 0 radical (unpaired) electrons. The van der Waals surface area contributed by atoms with Gasteiger partial charge in [0.2, 0.25) is 8.32 Å². The molecule has 0 aromatic heterocycles. The molecule has 1 rings (SSSR count). The fourth-order valence-corrected chi connectivity index (χ4v) is 6.80. The van der Waals surface area contributed by atoms with Gasteiger partial charge in [0.1, 0.15) is 0 Å². The van der Waals surface area contributed by atoms with Crippen LogP contribution < -0.4 is 0 Å². The van der Waals surface area contributed by atoms with Crippen LogP contribution in [0.1, 0.15) is 19.8 Å². The Labute approximate surface area is 127 Å². The van der Waals surface area contributed by atoms with Gasteiger partial charge in [-0.3, -0.25) is 0 Å². The maximum absolute atomic E-state index is 6.28. The lowest BCUT2D eigenvalue weighted by Gasteiger charge is -2.43. The summed E-state index contributed by atoms with van der Waals surface area (Å²) < 4.78 is 17.7. The Balaban J connectivity index is 2.48. The number of hydrogen-bond acceptors (Lipinski definition) is 4. The summed E-state index contributed by atoms with van der Waals surface area (Å²) in [6.07, 6.45) is 4.77. The van der Waals surface area contributed by atoms with E-state index in [1.165, 1.54) is 6.42 Å². The second-order valence-electron chi connectivity index (χ2n) is 7.06. The van der Waals surface area contributed by atoms with E-state index in [9.17, 15) is 0 Å². The lowest BCUT2D eigenvalue weighted by atomic mass is 10.3. The molecule has 0 bridgehead atoms. The van der Waals surface area contributed by atoms with Gasteiger partial charge in [-0.2, -0.15) is 0 Å². The molecule has 1 fully saturated rings. The van der Waals surface area contributed by atoms with Gasteiger partial charge in [0.05, 0.1) is 12.7 Å². The lowest BCUT2D eigenvalue weighted by molar-refractivity contribution is 0.0125. The van der Waals surface area contributed by atoms with Gasteiger partial charge in [0.25, 0.3) is 0 Å². The number of ether oxygens (including phenoxy) is 1. The summed E-state index contributed by atoms with van der Waals surface area (Å²) in [6, 6.07) is 0.